The molecule has 0 aliphatic carbocycles. The van der Waals surface area contributed by atoms with E-state index in [1.54, 1.807) is 24.3 Å². The molecule has 0 heterocycles. The first-order valence-electron chi connectivity index (χ1n) is 10.5. The Bertz CT molecular complexity index is 1080. The average molecular weight is 490 g/mol. The molecule has 174 valence electrons. The van der Waals surface area contributed by atoms with Gasteiger partial charge in [0.25, 0.3) is 5.69 Å². The molecule has 0 aliphatic rings. The summed E-state index contributed by atoms with van der Waals surface area (Å²) in [6, 6.07) is 17.4. The van der Waals surface area contributed by atoms with Crippen molar-refractivity contribution < 1.29 is 14.4 Å². The third-order valence-electron chi connectivity index (χ3n) is 4.77. The third kappa shape index (κ3) is 7.25. The number of non-ortho nitro benzene ring substituents is 1. The van der Waals surface area contributed by atoms with Gasteiger partial charge in [-0.3, -0.25) is 10.1 Å². The quantitative estimate of drug-likeness (QED) is 0.182. The fourth-order valence-corrected chi connectivity index (χ4v) is 3.60. The number of nitro benzene ring substituents is 1. The van der Waals surface area contributed by atoms with E-state index in [2.05, 4.69) is 10.6 Å². The Morgan fingerprint density at radius 1 is 0.970 bits per heavy atom. The number of nitro groups is 1. The standard InChI is InChI=1S/C24H25Cl2N3O4/c1-2-32-23-5-3-4-17(24(23)33-16-18-6-7-19(25)14-22(18)26)15-27-12-13-28-20-8-10-21(11-9-20)29(30)31/h3-11,14,27-28H,2,12-13,15-16H2,1H3. The highest BCUT2D eigenvalue weighted by Gasteiger charge is 2.12. The minimum Gasteiger partial charge on any atom is -0.490 e. The highest BCUT2D eigenvalue weighted by molar-refractivity contribution is 6.35. The van der Waals surface area contributed by atoms with Crippen molar-refractivity contribution in [1.82, 2.24) is 5.32 Å². The van der Waals surface area contributed by atoms with Crippen LogP contribution < -0.4 is 20.1 Å². The molecule has 3 rings (SSSR count). The number of para-hydroxylation sites is 1. The summed E-state index contributed by atoms with van der Waals surface area (Å²) in [5.41, 5.74) is 2.69. The number of rotatable bonds is 12. The average Bonchev–Trinajstić information content (AvgIpc) is 2.80. The highest BCUT2D eigenvalue weighted by atomic mass is 35.5. The van der Waals surface area contributed by atoms with Crippen molar-refractivity contribution in [1.29, 1.82) is 0 Å². The van der Waals surface area contributed by atoms with Gasteiger partial charge in [0, 0.05) is 58.6 Å². The first-order valence-corrected chi connectivity index (χ1v) is 11.2. The van der Waals surface area contributed by atoms with Gasteiger partial charge >= 0.3 is 0 Å². The van der Waals surface area contributed by atoms with Crippen LogP contribution in [0.4, 0.5) is 11.4 Å². The van der Waals surface area contributed by atoms with Gasteiger partial charge in [-0.2, -0.15) is 0 Å². The minimum absolute atomic E-state index is 0.0697. The summed E-state index contributed by atoms with van der Waals surface area (Å²) in [6.07, 6.45) is 0. The number of anilines is 1. The summed E-state index contributed by atoms with van der Waals surface area (Å²) in [5.74, 6) is 1.34. The molecule has 7 nitrogen and oxygen atoms in total. The fourth-order valence-electron chi connectivity index (χ4n) is 3.14. The first kappa shape index (κ1) is 24.6. The molecule has 2 N–H and O–H groups in total. The van der Waals surface area contributed by atoms with E-state index < -0.39 is 4.92 Å². The molecule has 3 aromatic carbocycles. The number of ether oxygens (including phenoxy) is 2. The van der Waals surface area contributed by atoms with Crippen molar-refractivity contribution in [3.05, 3.63) is 92.0 Å². The lowest BCUT2D eigenvalue weighted by molar-refractivity contribution is -0.384. The molecule has 0 saturated carbocycles. The third-order valence-corrected chi connectivity index (χ3v) is 5.36. The Morgan fingerprint density at radius 2 is 1.76 bits per heavy atom. The monoisotopic (exact) mass is 489 g/mol. The van der Waals surface area contributed by atoms with Gasteiger partial charge in [0.15, 0.2) is 11.5 Å². The molecular weight excluding hydrogens is 465 g/mol. The van der Waals surface area contributed by atoms with E-state index in [0.29, 0.717) is 47.8 Å². The summed E-state index contributed by atoms with van der Waals surface area (Å²) < 4.78 is 11.9. The Kier molecular flexibility index (Phi) is 9.18. The summed E-state index contributed by atoms with van der Waals surface area (Å²) in [7, 11) is 0. The summed E-state index contributed by atoms with van der Waals surface area (Å²) in [4.78, 5) is 10.3. The molecule has 0 saturated heterocycles. The lowest BCUT2D eigenvalue weighted by Crippen LogP contribution is -2.22. The van der Waals surface area contributed by atoms with E-state index in [9.17, 15) is 10.1 Å². The number of hydrogen-bond acceptors (Lipinski definition) is 6. The van der Waals surface area contributed by atoms with Crippen LogP contribution in [0.5, 0.6) is 11.5 Å². The smallest absolute Gasteiger partial charge is 0.269 e. The van der Waals surface area contributed by atoms with Crippen LogP contribution in [-0.4, -0.2) is 24.6 Å². The second-order valence-electron chi connectivity index (χ2n) is 7.11. The highest BCUT2D eigenvalue weighted by Crippen LogP contribution is 2.33. The van der Waals surface area contributed by atoms with Crippen LogP contribution in [0.3, 0.4) is 0 Å². The van der Waals surface area contributed by atoms with E-state index in [4.69, 9.17) is 32.7 Å². The number of halogens is 2. The van der Waals surface area contributed by atoms with Crippen molar-refractivity contribution in [2.45, 2.75) is 20.1 Å². The molecule has 0 spiro atoms. The van der Waals surface area contributed by atoms with E-state index in [0.717, 1.165) is 16.8 Å². The minimum atomic E-state index is -0.414. The molecule has 0 atom stereocenters. The van der Waals surface area contributed by atoms with Crippen LogP contribution in [0.15, 0.2) is 60.7 Å². The van der Waals surface area contributed by atoms with E-state index >= 15 is 0 Å². The van der Waals surface area contributed by atoms with Gasteiger partial charge < -0.3 is 20.1 Å². The molecule has 0 aromatic heterocycles. The number of nitrogens with one attached hydrogen (secondary N) is 2. The first-order chi connectivity index (χ1) is 16.0. The van der Waals surface area contributed by atoms with Crippen molar-refractivity contribution in [3.63, 3.8) is 0 Å². The molecule has 0 radical (unpaired) electrons. The number of hydrogen-bond donors (Lipinski definition) is 2. The molecular formula is C24H25Cl2N3O4. The predicted molar refractivity (Wildman–Crippen MR) is 132 cm³/mol. The molecule has 0 bridgehead atoms. The molecule has 0 fully saturated rings. The molecule has 33 heavy (non-hydrogen) atoms. The van der Waals surface area contributed by atoms with Crippen LogP contribution in [0.25, 0.3) is 0 Å². The molecule has 0 amide bonds. The van der Waals surface area contributed by atoms with Gasteiger partial charge in [-0.05, 0) is 37.3 Å². The molecule has 3 aromatic rings. The second kappa shape index (κ2) is 12.3. The molecule has 0 unspecified atom stereocenters. The van der Waals surface area contributed by atoms with Crippen LogP contribution in [-0.2, 0) is 13.2 Å². The van der Waals surface area contributed by atoms with E-state index in [1.165, 1.54) is 12.1 Å². The van der Waals surface area contributed by atoms with Crippen LogP contribution >= 0.6 is 23.2 Å². The van der Waals surface area contributed by atoms with Crippen LogP contribution in [0.2, 0.25) is 10.0 Å². The summed E-state index contributed by atoms with van der Waals surface area (Å²) >= 11 is 12.3. The number of benzene rings is 3. The predicted octanol–water partition coefficient (Wildman–Crippen LogP) is 6.08. The van der Waals surface area contributed by atoms with E-state index in [-0.39, 0.29) is 12.3 Å². The molecule has 0 aliphatic heterocycles. The fraction of sp³-hybridized carbons (Fsp3) is 0.250. The zero-order valence-electron chi connectivity index (χ0n) is 18.1. The molecule has 9 heteroatoms. The van der Waals surface area contributed by atoms with Crippen molar-refractivity contribution >= 4 is 34.6 Å². The second-order valence-corrected chi connectivity index (χ2v) is 7.95. The Labute approximate surface area is 202 Å². The van der Waals surface area contributed by atoms with E-state index in [1.807, 2.05) is 31.2 Å². The Balaban J connectivity index is 1.57. The lowest BCUT2D eigenvalue weighted by atomic mass is 10.1. The summed E-state index contributed by atoms with van der Waals surface area (Å²) in [5, 5.41) is 18.5. The van der Waals surface area contributed by atoms with Crippen LogP contribution in [0.1, 0.15) is 18.1 Å². The Morgan fingerprint density at radius 3 is 2.45 bits per heavy atom. The zero-order valence-corrected chi connectivity index (χ0v) is 19.7. The maximum Gasteiger partial charge on any atom is 0.269 e. The lowest BCUT2D eigenvalue weighted by Gasteiger charge is -2.17. The number of nitrogens with zero attached hydrogens (tertiary/aromatic N) is 1. The zero-order chi connectivity index (χ0) is 23.6. The van der Waals surface area contributed by atoms with Crippen molar-refractivity contribution in [2.24, 2.45) is 0 Å². The normalized spacial score (nSPS) is 10.6. The van der Waals surface area contributed by atoms with Gasteiger partial charge in [0.05, 0.1) is 11.5 Å². The topological polar surface area (TPSA) is 85.7 Å². The maximum absolute atomic E-state index is 10.7. The van der Waals surface area contributed by atoms with Gasteiger partial charge in [-0.15, -0.1) is 0 Å². The maximum atomic E-state index is 10.7. The van der Waals surface area contributed by atoms with Gasteiger partial charge in [-0.1, -0.05) is 41.4 Å². The Hall–Kier alpha value is -3.00. The van der Waals surface area contributed by atoms with Crippen molar-refractivity contribution in [3.8, 4) is 11.5 Å². The summed E-state index contributed by atoms with van der Waals surface area (Å²) in [6.45, 7) is 4.64. The SMILES string of the molecule is CCOc1cccc(CNCCNc2ccc([N+](=O)[O-])cc2)c1OCc1ccc(Cl)cc1Cl. The van der Waals surface area contributed by atoms with Crippen molar-refractivity contribution in [2.75, 3.05) is 25.0 Å². The van der Waals surface area contributed by atoms with Gasteiger partial charge in [0.1, 0.15) is 6.61 Å². The van der Waals surface area contributed by atoms with Gasteiger partial charge in [0.2, 0.25) is 0 Å². The largest absolute Gasteiger partial charge is 0.490 e. The van der Waals surface area contributed by atoms with Crippen LogP contribution in [0, 0.1) is 10.1 Å². The van der Waals surface area contributed by atoms with Gasteiger partial charge in [-0.25, -0.2) is 0 Å².